The number of aromatic nitrogens is 3. The number of hydrogen-bond acceptors (Lipinski definition) is 5. The highest BCUT2D eigenvalue weighted by atomic mass is 19.1. The Morgan fingerprint density at radius 1 is 1.00 bits per heavy atom. The molecular weight excluding hydrogens is 433 g/mol. The van der Waals surface area contributed by atoms with E-state index in [0.29, 0.717) is 36.6 Å². The van der Waals surface area contributed by atoms with E-state index in [-0.39, 0.29) is 11.7 Å². The Bertz CT molecular complexity index is 1250. The number of carbonyl (C=O) groups excluding carboxylic acids is 1. The van der Waals surface area contributed by atoms with Crippen molar-refractivity contribution in [2.45, 2.75) is 6.54 Å². The van der Waals surface area contributed by atoms with Crippen LogP contribution in [0.15, 0.2) is 79.1 Å². The van der Waals surface area contributed by atoms with Crippen LogP contribution in [0.2, 0.25) is 0 Å². The number of pyridine rings is 1. The molecule has 1 saturated heterocycles. The summed E-state index contributed by atoms with van der Waals surface area (Å²) in [5, 5.41) is 7.59. The standard InChI is InChI=1S/C26H24FN5O2/c27-21-9-7-20(8-10-21)25-23(18-32(30-25)22-4-2-1-3-5-22)26(33)29-17-19-6-11-24(28-16-19)31-12-14-34-15-13-31/h1-11,16,18H,12-15,17H2,(H,29,33). The number of hydrogen-bond donors (Lipinski definition) is 1. The van der Waals surface area contributed by atoms with Crippen LogP contribution in [-0.4, -0.2) is 47.0 Å². The molecule has 0 atom stereocenters. The first kappa shape index (κ1) is 21.8. The molecule has 5 rings (SSSR count). The minimum Gasteiger partial charge on any atom is -0.378 e. The highest BCUT2D eigenvalue weighted by molar-refractivity contribution is 5.99. The molecule has 3 heterocycles. The zero-order valence-electron chi connectivity index (χ0n) is 18.5. The van der Waals surface area contributed by atoms with Crippen LogP contribution in [0.5, 0.6) is 0 Å². The fourth-order valence-corrected chi connectivity index (χ4v) is 3.85. The number of para-hydroxylation sites is 1. The molecule has 1 aliphatic rings. The van der Waals surface area contributed by atoms with Crippen molar-refractivity contribution in [1.29, 1.82) is 0 Å². The number of halogens is 1. The molecule has 8 heteroatoms. The number of carbonyl (C=O) groups is 1. The van der Waals surface area contributed by atoms with Crippen LogP contribution in [0.1, 0.15) is 15.9 Å². The molecule has 0 saturated carbocycles. The lowest BCUT2D eigenvalue weighted by Crippen LogP contribution is -2.36. The molecule has 0 spiro atoms. The second kappa shape index (κ2) is 9.84. The first-order valence-electron chi connectivity index (χ1n) is 11.1. The average molecular weight is 458 g/mol. The van der Waals surface area contributed by atoms with Gasteiger partial charge in [-0.05, 0) is 48.0 Å². The predicted octanol–water partition coefficient (Wildman–Crippen LogP) is 3.84. The van der Waals surface area contributed by atoms with E-state index in [9.17, 15) is 9.18 Å². The Balaban J connectivity index is 1.35. The quantitative estimate of drug-likeness (QED) is 0.476. The molecule has 172 valence electrons. The first-order valence-corrected chi connectivity index (χ1v) is 11.1. The number of amides is 1. The van der Waals surface area contributed by atoms with Crippen LogP contribution < -0.4 is 10.2 Å². The molecule has 0 unspecified atom stereocenters. The van der Waals surface area contributed by atoms with Crippen LogP contribution in [0.4, 0.5) is 10.2 Å². The average Bonchev–Trinajstić information content (AvgIpc) is 3.35. The minimum atomic E-state index is -0.342. The molecule has 2 aromatic heterocycles. The van der Waals surface area contributed by atoms with Gasteiger partial charge in [0.2, 0.25) is 0 Å². The molecule has 34 heavy (non-hydrogen) atoms. The Kier molecular flexibility index (Phi) is 6.31. The summed E-state index contributed by atoms with van der Waals surface area (Å²) in [4.78, 5) is 19.9. The van der Waals surface area contributed by atoms with Crippen molar-refractivity contribution in [1.82, 2.24) is 20.1 Å². The van der Waals surface area contributed by atoms with Gasteiger partial charge in [0.05, 0.1) is 24.5 Å². The Morgan fingerprint density at radius 2 is 1.76 bits per heavy atom. The van der Waals surface area contributed by atoms with E-state index in [0.717, 1.165) is 30.2 Å². The summed E-state index contributed by atoms with van der Waals surface area (Å²) < 4.78 is 20.5. The van der Waals surface area contributed by atoms with E-state index in [1.807, 2.05) is 42.5 Å². The lowest BCUT2D eigenvalue weighted by molar-refractivity contribution is 0.0951. The molecular formula is C26H24FN5O2. The van der Waals surface area contributed by atoms with Gasteiger partial charge in [-0.25, -0.2) is 14.1 Å². The summed E-state index contributed by atoms with van der Waals surface area (Å²) in [5.74, 6) is 0.296. The molecule has 1 aliphatic heterocycles. The van der Waals surface area contributed by atoms with E-state index in [1.54, 1.807) is 29.2 Å². The Hall–Kier alpha value is -4.04. The number of nitrogens with one attached hydrogen (secondary N) is 1. The number of rotatable bonds is 6. The van der Waals surface area contributed by atoms with Crippen molar-refractivity contribution in [3.63, 3.8) is 0 Å². The normalized spacial score (nSPS) is 13.6. The lowest BCUT2D eigenvalue weighted by Gasteiger charge is -2.27. The molecule has 7 nitrogen and oxygen atoms in total. The third-order valence-electron chi connectivity index (χ3n) is 5.69. The third kappa shape index (κ3) is 4.82. The van der Waals surface area contributed by atoms with Gasteiger partial charge in [-0.2, -0.15) is 5.10 Å². The van der Waals surface area contributed by atoms with Crippen LogP contribution in [0.25, 0.3) is 16.9 Å². The molecule has 0 bridgehead atoms. The van der Waals surface area contributed by atoms with Gasteiger partial charge in [0, 0.05) is 37.6 Å². The second-order valence-corrected chi connectivity index (χ2v) is 7.99. The van der Waals surface area contributed by atoms with Gasteiger partial charge >= 0.3 is 0 Å². The molecule has 1 fully saturated rings. The first-order chi connectivity index (χ1) is 16.7. The van der Waals surface area contributed by atoms with Crippen LogP contribution in [0.3, 0.4) is 0 Å². The van der Waals surface area contributed by atoms with Gasteiger partial charge in [-0.15, -0.1) is 0 Å². The SMILES string of the molecule is O=C(NCc1ccc(N2CCOCC2)nc1)c1cn(-c2ccccc2)nc1-c1ccc(F)cc1. The second-order valence-electron chi connectivity index (χ2n) is 7.99. The Morgan fingerprint density at radius 3 is 2.47 bits per heavy atom. The summed E-state index contributed by atoms with van der Waals surface area (Å²) in [7, 11) is 0. The third-order valence-corrected chi connectivity index (χ3v) is 5.69. The zero-order valence-corrected chi connectivity index (χ0v) is 18.5. The highest BCUT2D eigenvalue weighted by Gasteiger charge is 2.19. The lowest BCUT2D eigenvalue weighted by atomic mass is 10.1. The summed E-state index contributed by atoms with van der Waals surface area (Å²) in [5.41, 5.74) is 3.28. The maximum atomic E-state index is 13.5. The number of anilines is 1. The Labute approximate surface area is 196 Å². The summed E-state index contributed by atoms with van der Waals surface area (Å²) >= 11 is 0. The van der Waals surface area contributed by atoms with E-state index >= 15 is 0 Å². The molecule has 1 N–H and O–H groups in total. The topological polar surface area (TPSA) is 72.3 Å². The molecule has 4 aromatic rings. The van der Waals surface area contributed by atoms with Gasteiger partial charge in [-0.1, -0.05) is 24.3 Å². The number of nitrogens with zero attached hydrogens (tertiary/aromatic N) is 4. The largest absolute Gasteiger partial charge is 0.378 e. The van der Waals surface area contributed by atoms with E-state index in [4.69, 9.17) is 4.74 Å². The zero-order chi connectivity index (χ0) is 23.3. The van der Waals surface area contributed by atoms with Crippen molar-refractivity contribution < 1.29 is 13.9 Å². The van der Waals surface area contributed by atoms with Gasteiger partial charge in [0.1, 0.15) is 17.3 Å². The minimum absolute atomic E-state index is 0.265. The van der Waals surface area contributed by atoms with E-state index < -0.39 is 0 Å². The van der Waals surface area contributed by atoms with Crippen LogP contribution >= 0.6 is 0 Å². The van der Waals surface area contributed by atoms with E-state index in [1.165, 1.54) is 12.1 Å². The van der Waals surface area contributed by atoms with Gasteiger partial charge in [-0.3, -0.25) is 4.79 Å². The molecule has 0 radical (unpaired) electrons. The van der Waals surface area contributed by atoms with E-state index in [2.05, 4.69) is 20.3 Å². The number of morpholine rings is 1. The molecule has 1 amide bonds. The van der Waals surface area contributed by atoms with Crippen molar-refractivity contribution in [3.05, 3.63) is 96.1 Å². The van der Waals surface area contributed by atoms with Crippen molar-refractivity contribution in [3.8, 4) is 16.9 Å². The van der Waals surface area contributed by atoms with Crippen LogP contribution in [-0.2, 0) is 11.3 Å². The summed E-state index contributed by atoms with van der Waals surface area (Å²) in [6, 6.07) is 19.4. The number of ether oxygens (including phenoxy) is 1. The van der Waals surface area contributed by atoms with Crippen molar-refractivity contribution >= 4 is 11.7 Å². The summed E-state index contributed by atoms with van der Waals surface area (Å²) in [6.07, 6.45) is 3.47. The van der Waals surface area contributed by atoms with Gasteiger partial charge in [0.25, 0.3) is 5.91 Å². The number of benzene rings is 2. The van der Waals surface area contributed by atoms with Gasteiger partial charge < -0.3 is 15.0 Å². The summed E-state index contributed by atoms with van der Waals surface area (Å²) in [6.45, 7) is 3.37. The highest BCUT2D eigenvalue weighted by Crippen LogP contribution is 2.24. The molecule has 0 aliphatic carbocycles. The van der Waals surface area contributed by atoms with Crippen LogP contribution in [0, 0.1) is 5.82 Å². The fourth-order valence-electron chi connectivity index (χ4n) is 3.85. The predicted molar refractivity (Wildman–Crippen MR) is 127 cm³/mol. The maximum absolute atomic E-state index is 13.5. The van der Waals surface area contributed by atoms with Crippen molar-refractivity contribution in [2.24, 2.45) is 0 Å². The smallest absolute Gasteiger partial charge is 0.255 e. The molecule has 2 aromatic carbocycles. The van der Waals surface area contributed by atoms with Crippen molar-refractivity contribution in [2.75, 3.05) is 31.2 Å². The van der Waals surface area contributed by atoms with Gasteiger partial charge in [0.15, 0.2) is 0 Å². The monoisotopic (exact) mass is 457 g/mol. The fraction of sp³-hybridized carbons (Fsp3) is 0.192. The maximum Gasteiger partial charge on any atom is 0.255 e.